The summed E-state index contributed by atoms with van der Waals surface area (Å²) in [5, 5.41) is 3.99. The molecule has 3 rings (SSSR count). The first-order valence-corrected chi connectivity index (χ1v) is 8.89. The van der Waals surface area contributed by atoms with Gasteiger partial charge in [0.15, 0.2) is 0 Å². The van der Waals surface area contributed by atoms with Crippen LogP contribution in [0.25, 0.3) is 0 Å². The SMILES string of the molecule is CCN(C)C(=O)c1ccc([C@H]2CCCN2C(=O)Cn2cncn2)s1. The largest absolute Gasteiger partial charge is 0.341 e. The summed E-state index contributed by atoms with van der Waals surface area (Å²) in [6, 6.07) is 3.90. The third-order valence-electron chi connectivity index (χ3n) is 4.32. The van der Waals surface area contributed by atoms with Crippen LogP contribution in [-0.4, -0.2) is 56.5 Å². The minimum absolute atomic E-state index is 0.0345. The Hall–Kier alpha value is -2.22. The average Bonchev–Trinajstić information content (AvgIpc) is 3.32. The summed E-state index contributed by atoms with van der Waals surface area (Å²) >= 11 is 1.49. The fourth-order valence-corrected chi connectivity index (χ4v) is 4.03. The molecule has 1 aliphatic heterocycles. The lowest BCUT2D eigenvalue weighted by Gasteiger charge is -2.23. The Kier molecular flexibility index (Phi) is 4.94. The number of hydrogen-bond acceptors (Lipinski definition) is 5. The molecule has 2 aromatic heterocycles. The van der Waals surface area contributed by atoms with Gasteiger partial charge in [-0.3, -0.25) is 9.59 Å². The zero-order chi connectivity index (χ0) is 17.1. The zero-order valence-corrected chi connectivity index (χ0v) is 14.7. The number of nitrogens with zero attached hydrogens (tertiary/aromatic N) is 5. The molecule has 0 radical (unpaired) electrons. The summed E-state index contributed by atoms with van der Waals surface area (Å²) in [7, 11) is 1.80. The van der Waals surface area contributed by atoms with E-state index in [0.717, 1.165) is 29.1 Å². The molecule has 3 heterocycles. The molecule has 1 saturated heterocycles. The highest BCUT2D eigenvalue weighted by molar-refractivity contribution is 7.14. The highest BCUT2D eigenvalue weighted by Gasteiger charge is 2.31. The van der Waals surface area contributed by atoms with Gasteiger partial charge in [0.05, 0.1) is 10.9 Å². The van der Waals surface area contributed by atoms with E-state index in [4.69, 9.17) is 0 Å². The van der Waals surface area contributed by atoms with Crippen LogP contribution in [0, 0.1) is 0 Å². The van der Waals surface area contributed by atoms with Crippen LogP contribution in [0.4, 0.5) is 0 Å². The third-order valence-corrected chi connectivity index (χ3v) is 5.50. The van der Waals surface area contributed by atoms with E-state index < -0.39 is 0 Å². The summed E-state index contributed by atoms with van der Waals surface area (Å²) in [6.45, 7) is 3.58. The van der Waals surface area contributed by atoms with Crippen LogP contribution in [0.2, 0.25) is 0 Å². The van der Waals surface area contributed by atoms with Crippen LogP contribution < -0.4 is 0 Å². The second-order valence-corrected chi connectivity index (χ2v) is 6.97. The fourth-order valence-electron chi connectivity index (χ4n) is 2.88. The van der Waals surface area contributed by atoms with Crippen molar-refractivity contribution in [3.63, 3.8) is 0 Å². The molecule has 0 bridgehead atoms. The van der Waals surface area contributed by atoms with Crippen molar-refractivity contribution >= 4 is 23.2 Å². The number of hydrogen-bond donors (Lipinski definition) is 0. The molecule has 1 aliphatic rings. The van der Waals surface area contributed by atoms with E-state index in [1.807, 2.05) is 24.0 Å². The molecule has 0 spiro atoms. The van der Waals surface area contributed by atoms with Gasteiger partial charge < -0.3 is 9.80 Å². The van der Waals surface area contributed by atoms with E-state index in [1.54, 1.807) is 18.3 Å². The van der Waals surface area contributed by atoms with Crippen molar-refractivity contribution in [1.29, 1.82) is 0 Å². The van der Waals surface area contributed by atoms with Gasteiger partial charge >= 0.3 is 0 Å². The van der Waals surface area contributed by atoms with Gasteiger partial charge in [0.1, 0.15) is 19.2 Å². The number of likely N-dealkylation sites (tertiary alicyclic amines) is 1. The summed E-state index contributed by atoms with van der Waals surface area (Å²) < 4.78 is 1.54. The highest BCUT2D eigenvalue weighted by atomic mass is 32.1. The molecule has 0 N–H and O–H groups in total. The Labute approximate surface area is 144 Å². The van der Waals surface area contributed by atoms with Gasteiger partial charge in [-0.05, 0) is 31.9 Å². The zero-order valence-electron chi connectivity index (χ0n) is 13.9. The number of aromatic nitrogens is 3. The molecular formula is C16H21N5O2S. The van der Waals surface area contributed by atoms with Crippen molar-refractivity contribution in [1.82, 2.24) is 24.6 Å². The lowest BCUT2D eigenvalue weighted by Crippen LogP contribution is -2.33. The van der Waals surface area contributed by atoms with Gasteiger partial charge in [-0.15, -0.1) is 11.3 Å². The number of carbonyl (C=O) groups excluding carboxylic acids is 2. The molecular weight excluding hydrogens is 326 g/mol. The number of thiophene rings is 1. The molecule has 2 amide bonds. The van der Waals surface area contributed by atoms with Crippen LogP contribution >= 0.6 is 11.3 Å². The monoisotopic (exact) mass is 347 g/mol. The van der Waals surface area contributed by atoms with Crippen molar-refractivity contribution in [3.8, 4) is 0 Å². The van der Waals surface area contributed by atoms with Crippen molar-refractivity contribution in [2.45, 2.75) is 32.4 Å². The van der Waals surface area contributed by atoms with Crippen LogP contribution in [0.1, 0.15) is 40.4 Å². The molecule has 24 heavy (non-hydrogen) atoms. The Morgan fingerprint density at radius 1 is 1.42 bits per heavy atom. The molecule has 2 aromatic rings. The Morgan fingerprint density at radius 3 is 2.96 bits per heavy atom. The molecule has 128 valence electrons. The van der Waals surface area contributed by atoms with Crippen LogP contribution in [0.3, 0.4) is 0 Å². The normalized spacial score (nSPS) is 17.2. The maximum absolute atomic E-state index is 12.6. The average molecular weight is 347 g/mol. The van der Waals surface area contributed by atoms with E-state index in [1.165, 1.54) is 22.3 Å². The molecule has 8 heteroatoms. The summed E-state index contributed by atoms with van der Waals surface area (Å²) in [5.41, 5.74) is 0. The van der Waals surface area contributed by atoms with Gasteiger partial charge in [-0.1, -0.05) is 0 Å². The first-order chi connectivity index (χ1) is 11.6. The van der Waals surface area contributed by atoms with Crippen LogP contribution in [0.15, 0.2) is 24.8 Å². The molecule has 1 fully saturated rings. The highest BCUT2D eigenvalue weighted by Crippen LogP contribution is 2.36. The van der Waals surface area contributed by atoms with Crippen LogP contribution in [0.5, 0.6) is 0 Å². The predicted octanol–water partition coefficient (Wildman–Crippen LogP) is 1.80. The lowest BCUT2D eigenvalue weighted by molar-refractivity contribution is -0.132. The van der Waals surface area contributed by atoms with Gasteiger partial charge in [0.2, 0.25) is 5.91 Å². The predicted molar refractivity (Wildman–Crippen MR) is 90.7 cm³/mol. The molecule has 0 saturated carbocycles. The van der Waals surface area contributed by atoms with Crippen LogP contribution in [-0.2, 0) is 11.3 Å². The second kappa shape index (κ2) is 7.12. The first kappa shape index (κ1) is 16.6. The summed E-state index contributed by atoms with van der Waals surface area (Å²) in [4.78, 5) is 34.1. The van der Waals surface area contributed by atoms with E-state index in [-0.39, 0.29) is 24.4 Å². The minimum Gasteiger partial charge on any atom is -0.341 e. The summed E-state index contributed by atoms with van der Waals surface area (Å²) in [5.74, 6) is 0.0715. The second-order valence-electron chi connectivity index (χ2n) is 5.86. The fraction of sp³-hybridized carbons (Fsp3) is 0.500. The molecule has 0 unspecified atom stereocenters. The summed E-state index contributed by atoms with van der Waals surface area (Å²) in [6.07, 6.45) is 4.88. The Bertz CT molecular complexity index is 712. The number of amides is 2. The van der Waals surface area contributed by atoms with E-state index in [2.05, 4.69) is 10.1 Å². The quantitative estimate of drug-likeness (QED) is 0.827. The van der Waals surface area contributed by atoms with E-state index in [9.17, 15) is 9.59 Å². The van der Waals surface area contributed by atoms with Crippen molar-refractivity contribution < 1.29 is 9.59 Å². The van der Waals surface area contributed by atoms with Crippen molar-refractivity contribution in [3.05, 3.63) is 34.5 Å². The Balaban J connectivity index is 1.72. The van der Waals surface area contributed by atoms with E-state index in [0.29, 0.717) is 6.54 Å². The molecule has 1 atom stereocenters. The molecule has 0 aliphatic carbocycles. The standard InChI is InChI=1S/C16H21N5O2S/c1-3-19(2)16(23)14-7-6-13(24-14)12-5-4-8-21(12)15(22)9-20-11-17-10-18-20/h6-7,10-12H,3-5,8-9H2,1-2H3/t12-/m1/s1. The topological polar surface area (TPSA) is 71.3 Å². The maximum Gasteiger partial charge on any atom is 0.263 e. The number of carbonyl (C=O) groups is 2. The van der Waals surface area contributed by atoms with Gasteiger partial charge in [-0.2, -0.15) is 5.10 Å². The molecule has 7 nitrogen and oxygen atoms in total. The Morgan fingerprint density at radius 2 is 2.25 bits per heavy atom. The first-order valence-electron chi connectivity index (χ1n) is 8.07. The number of rotatable bonds is 5. The smallest absolute Gasteiger partial charge is 0.263 e. The third kappa shape index (κ3) is 3.33. The van der Waals surface area contributed by atoms with Gasteiger partial charge in [0, 0.05) is 25.0 Å². The van der Waals surface area contributed by atoms with Crippen molar-refractivity contribution in [2.24, 2.45) is 0 Å². The minimum atomic E-state index is 0.0345. The maximum atomic E-state index is 12.6. The van der Waals surface area contributed by atoms with E-state index >= 15 is 0 Å². The van der Waals surface area contributed by atoms with Crippen molar-refractivity contribution in [2.75, 3.05) is 20.1 Å². The van der Waals surface area contributed by atoms with Gasteiger partial charge in [-0.25, -0.2) is 9.67 Å². The lowest BCUT2D eigenvalue weighted by atomic mass is 10.2. The van der Waals surface area contributed by atoms with Gasteiger partial charge in [0.25, 0.3) is 5.91 Å². The molecule has 0 aromatic carbocycles.